The maximum Gasteiger partial charge on any atom is 0.174 e. The van der Waals surface area contributed by atoms with E-state index in [1.54, 1.807) is 7.11 Å². The number of thiocarbonyl (C=S) groups is 1. The van der Waals surface area contributed by atoms with Crippen LogP contribution in [0.3, 0.4) is 0 Å². The van der Waals surface area contributed by atoms with Gasteiger partial charge in [-0.25, -0.2) is 0 Å². The zero-order valence-corrected chi connectivity index (χ0v) is 22.5. The lowest BCUT2D eigenvalue weighted by molar-refractivity contribution is 0.210. The standard InChI is InChI=1S/C31H32N4O2S/c1-21-10-19-28(34(21)22-11-15-24(36-2)16-12-22)30-29(27-9-5-6-20-32-27)33-31(38)35(30)23-13-17-26(18-14-23)37-25-7-3-4-8-25/h5-6,9-20,25,29-30H,3-4,7-8H2,1-2H3,(H,33,38). The van der Waals surface area contributed by atoms with Crippen LogP contribution in [0.1, 0.15) is 54.8 Å². The van der Waals surface area contributed by atoms with E-state index in [-0.39, 0.29) is 12.1 Å². The first-order valence-electron chi connectivity index (χ1n) is 13.2. The van der Waals surface area contributed by atoms with Crippen LogP contribution in [-0.2, 0) is 0 Å². The summed E-state index contributed by atoms with van der Waals surface area (Å²) in [5, 5.41) is 4.25. The molecule has 7 heteroatoms. The predicted molar refractivity (Wildman–Crippen MR) is 154 cm³/mol. The summed E-state index contributed by atoms with van der Waals surface area (Å²) in [5.41, 5.74) is 5.31. The highest BCUT2D eigenvalue weighted by molar-refractivity contribution is 7.80. The molecule has 4 aromatic rings. The van der Waals surface area contributed by atoms with Crippen molar-refractivity contribution in [3.63, 3.8) is 0 Å². The number of aryl methyl sites for hydroxylation is 1. The molecule has 0 bridgehead atoms. The Kier molecular flexibility index (Phi) is 6.77. The molecule has 1 aliphatic carbocycles. The minimum atomic E-state index is -0.121. The van der Waals surface area contributed by atoms with Crippen molar-refractivity contribution in [1.29, 1.82) is 0 Å². The number of ether oxygens (including phenoxy) is 2. The molecule has 3 heterocycles. The Labute approximate surface area is 229 Å². The fraction of sp³-hybridized carbons (Fsp3) is 0.290. The highest BCUT2D eigenvalue weighted by atomic mass is 32.1. The summed E-state index contributed by atoms with van der Waals surface area (Å²) >= 11 is 5.95. The monoisotopic (exact) mass is 524 g/mol. The Bertz CT molecular complexity index is 1400. The summed E-state index contributed by atoms with van der Waals surface area (Å²) < 4.78 is 13.9. The molecule has 2 fully saturated rings. The summed E-state index contributed by atoms with van der Waals surface area (Å²) in [6, 6.07) is 26.7. The first-order valence-corrected chi connectivity index (χ1v) is 13.6. The molecule has 194 valence electrons. The van der Waals surface area contributed by atoms with Gasteiger partial charge in [-0.3, -0.25) is 4.98 Å². The maximum atomic E-state index is 6.23. The Morgan fingerprint density at radius 3 is 2.26 bits per heavy atom. The van der Waals surface area contributed by atoms with Crippen LogP contribution in [-0.4, -0.2) is 27.9 Å². The van der Waals surface area contributed by atoms with Crippen LogP contribution in [0, 0.1) is 6.92 Å². The van der Waals surface area contributed by atoms with Crippen LogP contribution in [0.15, 0.2) is 85.1 Å². The molecule has 2 unspecified atom stereocenters. The molecule has 1 aliphatic heterocycles. The van der Waals surface area contributed by atoms with E-state index >= 15 is 0 Å². The van der Waals surface area contributed by atoms with Crippen molar-refractivity contribution in [3.8, 4) is 17.2 Å². The van der Waals surface area contributed by atoms with Crippen molar-refractivity contribution in [1.82, 2.24) is 14.9 Å². The number of nitrogens with one attached hydrogen (secondary N) is 1. The van der Waals surface area contributed by atoms with Crippen molar-refractivity contribution in [2.75, 3.05) is 12.0 Å². The van der Waals surface area contributed by atoms with Gasteiger partial charge in [0.2, 0.25) is 0 Å². The van der Waals surface area contributed by atoms with Crippen LogP contribution in [0.25, 0.3) is 5.69 Å². The number of hydrogen-bond donors (Lipinski definition) is 1. The smallest absolute Gasteiger partial charge is 0.174 e. The van der Waals surface area contributed by atoms with Crippen molar-refractivity contribution >= 4 is 23.0 Å². The van der Waals surface area contributed by atoms with E-state index in [0.29, 0.717) is 11.2 Å². The number of rotatable bonds is 7. The fourth-order valence-corrected chi connectivity index (χ4v) is 6.04. The minimum absolute atomic E-state index is 0.116. The van der Waals surface area contributed by atoms with E-state index in [1.807, 2.05) is 30.5 Å². The molecule has 0 amide bonds. The molecule has 1 saturated heterocycles. The van der Waals surface area contributed by atoms with Gasteiger partial charge in [0.1, 0.15) is 17.5 Å². The quantitative estimate of drug-likeness (QED) is 0.272. The molecule has 38 heavy (non-hydrogen) atoms. The van der Waals surface area contributed by atoms with Gasteiger partial charge in [-0.15, -0.1) is 0 Å². The van der Waals surface area contributed by atoms with Gasteiger partial charge >= 0.3 is 0 Å². The fourth-order valence-electron chi connectivity index (χ4n) is 5.69. The Morgan fingerprint density at radius 2 is 1.58 bits per heavy atom. The summed E-state index contributed by atoms with van der Waals surface area (Å²) in [7, 11) is 1.69. The summed E-state index contributed by atoms with van der Waals surface area (Å²) in [6.45, 7) is 2.13. The SMILES string of the molecule is COc1ccc(-n2c(C)ccc2C2C(c3ccccn3)NC(=S)N2c2ccc(OC3CCCC3)cc2)cc1. The van der Waals surface area contributed by atoms with Gasteiger partial charge in [0.05, 0.1) is 24.9 Å². The van der Waals surface area contributed by atoms with Gasteiger partial charge in [-0.05, 0) is 118 Å². The van der Waals surface area contributed by atoms with Gasteiger partial charge in [0.25, 0.3) is 0 Å². The molecule has 6 nitrogen and oxygen atoms in total. The molecule has 1 N–H and O–H groups in total. The van der Waals surface area contributed by atoms with Gasteiger partial charge < -0.3 is 24.3 Å². The number of nitrogens with zero attached hydrogens (tertiary/aromatic N) is 3. The average Bonchev–Trinajstić information content (AvgIpc) is 3.69. The van der Waals surface area contributed by atoms with Crippen LogP contribution < -0.4 is 19.7 Å². The maximum absolute atomic E-state index is 6.23. The number of hydrogen-bond acceptors (Lipinski definition) is 4. The third-order valence-electron chi connectivity index (χ3n) is 7.56. The van der Waals surface area contributed by atoms with Crippen LogP contribution in [0.4, 0.5) is 5.69 Å². The van der Waals surface area contributed by atoms with Crippen molar-refractivity contribution in [2.24, 2.45) is 0 Å². The summed E-state index contributed by atoms with van der Waals surface area (Å²) in [4.78, 5) is 6.92. The molecule has 1 saturated carbocycles. The molecule has 2 aromatic heterocycles. The van der Waals surface area contributed by atoms with Crippen molar-refractivity contribution in [3.05, 3.63) is 102 Å². The van der Waals surface area contributed by atoms with Gasteiger partial charge in [-0.1, -0.05) is 6.07 Å². The van der Waals surface area contributed by atoms with Gasteiger partial charge in [-0.2, -0.15) is 0 Å². The minimum Gasteiger partial charge on any atom is -0.497 e. The number of aromatic nitrogens is 2. The Balaban J connectivity index is 1.41. The Hall–Kier alpha value is -3.84. The molecular formula is C31H32N4O2S. The molecule has 2 aromatic carbocycles. The first kappa shape index (κ1) is 24.5. The largest absolute Gasteiger partial charge is 0.497 e. The summed E-state index contributed by atoms with van der Waals surface area (Å²) in [6.07, 6.45) is 6.94. The molecule has 6 rings (SSSR count). The molecular weight excluding hydrogens is 492 g/mol. The molecule has 2 atom stereocenters. The second-order valence-corrected chi connectivity index (χ2v) is 10.3. The lowest BCUT2D eigenvalue weighted by Gasteiger charge is -2.29. The van der Waals surface area contributed by atoms with E-state index in [0.717, 1.165) is 52.8 Å². The lowest BCUT2D eigenvalue weighted by atomic mass is 10.0. The van der Waals surface area contributed by atoms with Crippen molar-refractivity contribution < 1.29 is 9.47 Å². The van der Waals surface area contributed by atoms with Crippen LogP contribution >= 0.6 is 12.2 Å². The highest BCUT2D eigenvalue weighted by Gasteiger charge is 2.42. The second-order valence-electron chi connectivity index (χ2n) is 9.95. The third-order valence-corrected chi connectivity index (χ3v) is 7.87. The molecule has 0 radical (unpaired) electrons. The zero-order valence-electron chi connectivity index (χ0n) is 21.7. The summed E-state index contributed by atoms with van der Waals surface area (Å²) in [5.74, 6) is 1.74. The number of benzene rings is 2. The van der Waals surface area contributed by atoms with E-state index in [2.05, 4.69) is 76.3 Å². The van der Waals surface area contributed by atoms with E-state index in [4.69, 9.17) is 26.7 Å². The Morgan fingerprint density at radius 1 is 0.868 bits per heavy atom. The second kappa shape index (κ2) is 10.5. The van der Waals surface area contributed by atoms with Crippen LogP contribution in [0.5, 0.6) is 11.5 Å². The zero-order chi connectivity index (χ0) is 26.1. The lowest BCUT2D eigenvalue weighted by Crippen LogP contribution is -2.30. The highest BCUT2D eigenvalue weighted by Crippen LogP contribution is 2.43. The van der Waals surface area contributed by atoms with Gasteiger partial charge in [0, 0.05) is 29.0 Å². The average molecular weight is 525 g/mol. The van der Waals surface area contributed by atoms with E-state index in [1.165, 1.54) is 12.8 Å². The number of pyridine rings is 1. The molecule has 0 spiro atoms. The first-order chi connectivity index (χ1) is 18.6. The molecule has 2 aliphatic rings. The van der Waals surface area contributed by atoms with E-state index < -0.39 is 0 Å². The van der Waals surface area contributed by atoms with E-state index in [9.17, 15) is 0 Å². The topological polar surface area (TPSA) is 51.5 Å². The van der Waals surface area contributed by atoms with Crippen molar-refractivity contribution in [2.45, 2.75) is 50.8 Å². The number of anilines is 1. The number of methoxy groups -OCH3 is 1. The normalized spacial score (nSPS) is 19.5. The third kappa shape index (κ3) is 4.63. The van der Waals surface area contributed by atoms with Gasteiger partial charge in [0.15, 0.2) is 5.11 Å². The van der Waals surface area contributed by atoms with Crippen LogP contribution in [0.2, 0.25) is 0 Å². The predicted octanol–water partition coefficient (Wildman–Crippen LogP) is 6.69.